The van der Waals surface area contributed by atoms with Gasteiger partial charge in [-0.15, -0.1) is 0 Å². The average molecular weight is 306 g/mol. The number of ether oxygens (including phenoxy) is 1. The van der Waals surface area contributed by atoms with Crippen LogP contribution in [0, 0.1) is 11.8 Å². The maximum absolute atomic E-state index is 12.2. The fourth-order valence-electron chi connectivity index (χ4n) is 2.19. The zero-order valence-corrected chi connectivity index (χ0v) is 13.4. The molecule has 0 saturated carbocycles. The van der Waals surface area contributed by atoms with E-state index in [1.165, 1.54) is 0 Å². The van der Waals surface area contributed by atoms with Crippen LogP contribution in [0.5, 0.6) is 0 Å². The maximum atomic E-state index is 12.2. The minimum Gasteiger partial charge on any atom is -0.444 e. The lowest BCUT2D eigenvalue weighted by atomic mass is 10.2. The molecule has 1 aliphatic heterocycles. The Kier molecular flexibility index (Phi) is 4.80. The largest absolute Gasteiger partial charge is 0.444 e. The van der Waals surface area contributed by atoms with Crippen LogP contribution in [0.3, 0.4) is 0 Å². The van der Waals surface area contributed by atoms with Crippen molar-refractivity contribution >= 4 is 17.7 Å². The highest BCUT2D eigenvalue weighted by Crippen LogP contribution is 2.20. The van der Waals surface area contributed by atoms with Crippen molar-refractivity contribution in [2.24, 2.45) is 0 Å². The van der Waals surface area contributed by atoms with Crippen LogP contribution >= 0.6 is 11.6 Å². The highest BCUT2D eigenvalue weighted by atomic mass is 35.5. The Labute approximate surface area is 131 Å². The third kappa shape index (κ3) is 4.68. The van der Waals surface area contributed by atoms with Crippen LogP contribution in [0.2, 0.25) is 5.02 Å². The lowest BCUT2D eigenvalue weighted by Gasteiger charge is -2.26. The van der Waals surface area contributed by atoms with Gasteiger partial charge in [0.05, 0.1) is 6.04 Å². The Morgan fingerprint density at radius 3 is 2.86 bits per heavy atom. The highest BCUT2D eigenvalue weighted by Gasteiger charge is 2.30. The van der Waals surface area contributed by atoms with Crippen LogP contribution in [0.1, 0.15) is 39.2 Å². The van der Waals surface area contributed by atoms with Gasteiger partial charge in [-0.05, 0) is 51.8 Å². The summed E-state index contributed by atoms with van der Waals surface area (Å²) in [4.78, 5) is 13.9. The van der Waals surface area contributed by atoms with Gasteiger partial charge in [0.25, 0.3) is 0 Å². The molecule has 0 spiro atoms. The number of rotatable bonds is 0. The Morgan fingerprint density at radius 2 is 2.19 bits per heavy atom. The summed E-state index contributed by atoms with van der Waals surface area (Å²) in [6.45, 7) is 6.30. The molecule has 21 heavy (non-hydrogen) atoms. The van der Waals surface area contributed by atoms with Crippen molar-refractivity contribution in [2.75, 3.05) is 6.54 Å². The summed E-state index contributed by atoms with van der Waals surface area (Å²) in [5.41, 5.74) is 0.378. The number of carbonyl (C=O) groups is 1. The molecule has 112 valence electrons. The van der Waals surface area contributed by atoms with Gasteiger partial charge in [0.15, 0.2) is 0 Å². The molecule has 1 atom stereocenters. The molecule has 1 aromatic carbocycles. The third-order valence-electron chi connectivity index (χ3n) is 3.09. The van der Waals surface area contributed by atoms with Crippen LogP contribution in [-0.2, 0) is 4.74 Å². The van der Waals surface area contributed by atoms with Crippen molar-refractivity contribution in [1.29, 1.82) is 0 Å². The first-order chi connectivity index (χ1) is 9.85. The number of benzene rings is 1. The van der Waals surface area contributed by atoms with Gasteiger partial charge in [-0.3, -0.25) is 4.90 Å². The van der Waals surface area contributed by atoms with Crippen molar-refractivity contribution in [3.8, 4) is 11.8 Å². The summed E-state index contributed by atoms with van der Waals surface area (Å²) in [5.74, 6) is 6.25. The molecular formula is C17H20ClNO2. The van der Waals surface area contributed by atoms with Crippen LogP contribution in [0.15, 0.2) is 24.3 Å². The molecule has 1 heterocycles. The van der Waals surface area contributed by atoms with Gasteiger partial charge in [0.2, 0.25) is 0 Å². The van der Waals surface area contributed by atoms with Crippen molar-refractivity contribution < 1.29 is 9.53 Å². The molecule has 1 fully saturated rings. The van der Waals surface area contributed by atoms with E-state index in [1.807, 2.05) is 45.0 Å². The maximum Gasteiger partial charge on any atom is 0.411 e. The Bertz CT molecular complexity index is 580. The van der Waals surface area contributed by atoms with E-state index in [9.17, 15) is 4.79 Å². The third-order valence-corrected chi connectivity index (χ3v) is 3.32. The first-order valence-corrected chi connectivity index (χ1v) is 7.50. The van der Waals surface area contributed by atoms with Crippen molar-refractivity contribution in [3.63, 3.8) is 0 Å². The minimum absolute atomic E-state index is 0.0844. The van der Waals surface area contributed by atoms with Crippen LogP contribution in [0.4, 0.5) is 4.79 Å². The number of hydrogen-bond donors (Lipinski definition) is 0. The highest BCUT2D eigenvalue weighted by molar-refractivity contribution is 6.30. The fraction of sp³-hybridized carbons (Fsp3) is 0.471. The molecule has 0 aromatic heterocycles. The second-order valence-electron chi connectivity index (χ2n) is 6.11. The molecular weight excluding hydrogens is 286 g/mol. The predicted octanol–water partition coefficient (Wildman–Crippen LogP) is 4.09. The molecule has 1 saturated heterocycles. The van der Waals surface area contributed by atoms with Crippen molar-refractivity contribution in [3.05, 3.63) is 34.9 Å². The predicted molar refractivity (Wildman–Crippen MR) is 84.3 cm³/mol. The van der Waals surface area contributed by atoms with Crippen LogP contribution < -0.4 is 0 Å². The topological polar surface area (TPSA) is 29.5 Å². The summed E-state index contributed by atoms with van der Waals surface area (Å²) < 4.78 is 5.42. The van der Waals surface area contributed by atoms with Gasteiger partial charge in [-0.2, -0.15) is 0 Å². The molecule has 1 aromatic rings. The van der Waals surface area contributed by atoms with Gasteiger partial charge in [0, 0.05) is 17.1 Å². The molecule has 4 heteroatoms. The number of carbonyl (C=O) groups excluding carboxylic acids is 1. The average Bonchev–Trinajstić information content (AvgIpc) is 2.83. The van der Waals surface area contributed by atoms with Crippen LogP contribution in [0.25, 0.3) is 0 Å². The number of nitrogens with zero attached hydrogens (tertiary/aromatic N) is 1. The molecule has 1 aliphatic rings. The van der Waals surface area contributed by atoms with Gasteiger partial charge in [-0.25, -0.2) is 4.79 Å². The second-order valence-corrected chi connectivity index (χ2v) is 6.55. The Balaban J connectivity index is 2.08. The van der Waals surface area contributed by atoms with Crippen molar-refractivity contribution in [1.82, 2.24) is 4.90 Å². The minimum atomic E-state index is -0.482. The van der Waals surface area contributed by atoms with E-state index in [0.29, 0.717) is 11.6 Å². The first kappa shape index (κ1) is 15.7. The Hall–Kier alpha value is -1.66. The molecule has 1 unspecified atom stereocenters. The van der Waals surface area contributed by atoms with Crippen molar-refractivity contribution in [2.45, 2.75) is 45.3 Å². The van der Waals surface area contributed by atoms with E-state index < -0.39 is 5.60 Å². The molecule has 3 nitrogen and oxygen atoms in total. The van der Waals surface area contributed by atoms with E-state index in [0.717, 1.165) is 18.4 Å². The smallest absolute Gasteiger partial charge is 0.411 e. The van der Waals surface area contributed by atoms with Gasteiger partial charge >= 0.3 is 6.09 Å². The number of amides is 1. The first-order valence-electron chi connectivity index (χ1n) is 7.12. The zero-order valence-electron chi connectivity index (χ0n) is 12.6. The summed E-state index contributed by atoms with van der Waals surface area (Å²) in [6.07, 6.45) is 1.55. The van der Waals surface area contributed by atoms with Gasteiger partial charge in [0.1, 0.15) is 5.60 Å². The quantitative estimate of drug-likeness (QED) is 0.676. The second kappa shape index (κ2) is 6.41. The molecule has 2 rings (SSSR count). The lowest BCUT2D eigenvalue weighted by Crippen LogP contribution is -2.39. The zero-order chi connectivity index (χ0) is 15.5. The van der Waals surface area contributed by atoms with E-state index in [-0.39, 0.29) is 12.1 Å². The normalized spacial score (nSPS) is 18.1. The summed E-state index contributed by atoms with van der Waals surface area (Å²) in [7, 11) is 0. The Morgan fingerprint density at radius 1 is 1.43 bits per heavy atom. The summed E-state index contributed by atoms with van der Waals surface area (Å²) in [5, 5.41) is 0.664. The number of hydrogen-bond acceptors (Lipinski definition) is 2. The molecule has 0 bridgehead atoms. The van der Waals surface area contributed by atoms with Gasteiger partial charge < -0.3 is 4.74 Å². The van der Waals surface area contributed by atoms with E-state index >= 15 is 0 Å². The number of likely N-dealkylation sites (tertiary alicyclic amines) is 1. The monoisotopic (exact) mass is 305 g/mol. The lowest BCUT2D eigenvalue weighted by molar-refractivity contribution is 0.0261. The van der Waals surface area contributed by atoms with Gasteiger partial charge in [-0.1, -0.05) is 29.5 Å². The molecule has 0 radical (unpaired) electrons. The van der Waals surface area contributed by atoms with E-state index in [4.69, 9.17) is 16.3 Å². The standard InChI is InChI=1S/C17H20ClNO2/c1-17(2,3)21-16(20)19-11-5-8-15(19)10-9-13-6-4-7-14(18)12-13/h4,6-7,12,15H,5,8,11H2,1-3H3. The SMILES string of the molecule is CC(C)(C)OC(=O)N1CCCC1C#Cc1cccc(Cl)c1. The van der Waals surface area contributed by atoms with Crippen LogP contribution in [-0.4, -0.2) is 29.2 Å². The number of halogens is 1. The molecule has 0 N–H and O–H groups in total. The van der Waals surface area contributed by atoms with E-state index in [2.05, 4.69) is 11.8 Å². The fourth-order valence-corrected chi connectivity index (χ4v) is 2.38. The summed E-state index contributed by atoms with van der Waals surface area (Å²) in [6, 6.07) is 7.33. The summed E-state index contributed by atoms with van der Waals surface area (Å²) >= 11 is 5.94. The van der Waals surface area contributed by atoms with E-state index in [1.54, 1.807) is 4.90 Å². The molecule has 1 amide bonds. The molecule has 0 aliphatic carbocycles.